The highest BCUT2D eigenvalue weighted by Gasteiger charge is 2.15. The number of benzene rings is 1. The summed E-state index contributed by atoms with van der Waals surface area (Å²) in [5.41, 5.74) is 1.35. The van der Waals surface area contributed by atoms with E-state index in [9.17, 15) is 4.79 Å². The molecule has 0 amide bonds. The SMILES string of the molecule is CCCC(=O)COc1ccc(C(C)(C)C)cc1Br. The summed E-state index contributed by atoms with van der Waals surface area (Å²) in [7, 11) is 0. The van der Waals surface area contributed by atoms with Gasteiger partial charge in [-0.05, 0) is 45.5 Å². The van der Waals surface area contributed by atoms with Gasteiger partial charge in [0.1, 0.15) is 12.4 Å². The molecule has 1 rings (SSSR count). The summed E-state index contributed by atoms with van der Waals surface area (Å²) in [5, 5.41) is 0. The summed E-state index contributed by atoms with van der Waals surface area (Å²) >= 11 is 3.49. The van der Waals surface area contributed by atoms with Gasteiger partial charge < -0.3 is 4.74 Å². The largest absolute Gasteiger partial charge is 0.485 e. The summed E-state index contributed by atoms with van der Waals surface area (Å²) in [6, 6.07) is 6.02. The number of ether oxygens (including phenoxy) is 1. The third kappa shape index (κ3) is 4.45. The normalized spacial score (nSPS) is 11.4. The lowest BCUT2D eigenvalue weighted by Crippen LogP contribution is -2.13. The predicted octanol–water partition coefficient (Wildman–Crippen LogP) is 4.49. The maximum Gasteiger partial charge on any atom is 0.170 e. The van der Waals surface area contributed by atoms with Crippen molar-refractivity contribution in [2.24, 2.45) is 0 Å². The first-order chi connectivity index (χ1) is 8.34. The van der Waals surface area contributed by atoms with E-state index in [0.29, 0.717) is 6.42 Å². The Bertz CT molecular complexity index is 419. The fraction of sp³-hybridized carbons (Fsp3) is 0.533. The van der Waals surface area contributed by atoms with Gasteiger partial charge in [-0.25, -0.2) is 0 Å². The van der Waals surface area contributed by atoms with Crippen molar-refractivity contribution in [3.63, 3.8) is 0 Å². The molecule has 2 nitrogen and oxygen atoms in total. The monoisotopic (exact) mass is 312 g/mol. The third-order valence-electron chi connectivity index (χ3n) is 2.72. The molecule has 18 heavy (non-hydrogen) atoms. The number of Topliss-reactive ketones (excluding diaryl/α,β-unsaturated/α-hetero) is 1. The van der Waals surface area contributed by atoms with Crippen LogP contribution in [0.25, 0.3) is 0 Å². The lowest BCUT2D eigenvalue weighted by molar-refractivity contribution is -0.121. The van der Waals surface area contributed by atoms with Crippen LogP contribution in [0.2, 0.25) is 0 Å². The molecule has 0 aromatic heterocycles. The zero-order valence-electron chi connectivity index (χ0n) is 11.5. The third-order valence-corrected chi connectivity index (χ3v) is 3.34. The van der Waals surface area contributed by atoms with Gasteiger partial charge in [0.2, 0.25) is 0 Å². The number of hydrogen-bond donors (Lipinski definition) is 0. The molecule has 0 aliphatic heterocycles. The maximum absolute atomic E-state index is 11.4. The van der Waals surface area contributed by atoms with E-state index < -0.39 is 0 Å². The van der Waals surface area contributed by atoms with Crippen molar-refractivity contribution in [1.82, 2.24) is 0 Å². The van der Waals surface area contributed by atoms with Crippen molar-refractivity contribution < 1.29 is 9.53 Å². The van der Waals surface area contributed by atoms with Crippen molar-refractivity contribution >= 4 is 21.7 Å². The Balaban J connectivity index is 2.72. The van der Waals surface area contributed by atoms with Gasteiger partial charge in [-0.3, -0.25) is 4.79 Å². The highest BCUT2D eigenvalue weighted by atomic mass is 79.9. The van der Waals surface area contributed by atoms with Crippen LogP contribution >= 0.6 is 15.9 Å². The minimum absolute atomic E-state index is 0.110. The molecule has 0 unspecified atom stereocenters. The minimum atomic E-state index is 0.110. The summed E-state index contributed by atoms with van der Waals surface area (Å²) in [4.78, 5) is 11.4. The molecule has 0 bridgehead atoms. The Kier molecular flexibility index (Phi) is 5.39. The predicted molar refractivity (Wildman–Crippen MR) is 78.3 cm³/mol. The smallest absolute Gasteiger partial charge is 0.170 e. The van der Waals surface area contributed by atoms with E-state index in [1.165, 1.54) is 5.56 Å². The Morgan fingerprint density at radius 2 is 2.00 bits per heavy atom. The van der Waals surface area contributed by atoms with E-state index in [-0.39, 0.29) is 17.8 Å². The van der Waals surface area contributed by atoms with Gasteiger partial charge in [-0.2, -0.15) is 0 Å². The molecule has 0 heterocycles. The van der Waals surface area contributed by atoms with Crippen LogP contribution in [0.4, 0.5) is 0 Å². The van der Waals surface area contributed by atoms with Crippen LogP contribution in [-0.2, 0) is 10.2 Å². The molecule has 0 fully saturated rings. The van der Waals surface area contributed by atoms with E-state index in [2.05, 4.69) is 42.8 Å². The van der Waals surface area contributed by atoms with Crippen molar-refractivity contribution in [2.75, 3.05) is 6.61 Å². The molecule has 0 atom stereocenters. The second kappa shape index (κ2) is 6.37. The average molecular weight is 313 g/mol. The first-order valence-electron chi connectivity index (χ1n) is 6.29. The molecule has 3 heteroatoms. The van der Waals surface area contributed by atoms with E-state index >= 15 is 0 Å². The van der Waals surface area contributed by atoms with Crippen LogP contribution in [0.5, 0.6) is 5.75 Å². The lowest BCUT2D eigenvalue weighted by Gasteiger charge is -2.20. The van der Waals surface area contributed by atoms with Gasteiger partial charge in [0.25, 0.3) is 0 Å². The van der Waals surface area contributed by atoms with Crippen molar-refractivity contribution in [3.05, 3.63) is 28.2 Å². The molecular weight excluding hydrogens is 292 g/mol. The second-order valence-electron chi connectivity index (χ2n) is 5.47. The summed E-state index contributed by atoms with van der Waals surface area (Å²) < 4.78 is 6.42. The highest BCUT2D eigenvalue weighted by Crippen LogP contribution is 2.31. The fourth-order valence-corrected chi connectivity index (χ4v) is 2.09. The topological polar surface area (TPSA) is 26.3 Å². The summed E-state index contributed by atoms with van der Waals surface area (Å²) in [6.45, 7) is 8.65. The van der Waals surface area contributed by atoms with Crippen LogP contribution in [-0.4, -0.2) is 12.4 Å². The summed E-state index contributed by atoms with van der Waals surface area (Å²) in [5.74, 6) is 0.872. The van der Waals surface area contributed by atoms with E-state index in [4.69, 9.17) is 4.74 Å². The first-order valence-corrected chi connectivity index (χ1v) is 7.08. The highest BCUT2D eigenvalue weighted by molar-refractivity contribution is 9.10. The van der Waals surface area contributed by atoms with Crippen molar-refractivity contribution in [1.29, 1.82) is 0 Å². The molecule has 100 valence electrons. The van der Waals surface area contributed by atoms with Crippen molar-refractivity contribution in [3.8, 4) is 5.75 Å². The Morgan fingerprint density at radius 3 is 2.50 bits per heavy atom. The molecule has 1 aromatic rings. The standard InChI is InChI=1S/C15H21BrO2/c1-5-6-12(17)10-18-14-8-7-11(9-13(14)16)15(2,3)4/h7-9H,5-6,10H2,1-4H3. The molecule has 0 aliphatic carbocycles. The molecule has 0 N–H and O–H groups in total. The number of carbonyl (C=O) groups is 1. The zero-order chi connectivity index (χ0) is 13.8. The van der Waals surface area contributed by atoms with E-state index in [0.717, 1.165) is 16.6 Å². The van der Waals surface area contributed by atoms with Gasteiger partial charge >= 0.3 is 0 Å². The van der Waals surface area contributed by atoms with Gasteiger partial charge in [0.15, 0.2) is 5.78 Å². The second-order valence-corrected chi connectivity index (χ2v) is 6.33. The summed E-state index contributed by atoms with van der Waals surface area (Å²) in [6.07, 6.45) is 1.45. The number of rotatable bonds is 5. The number of ketones is 1. The van der Waals surface area contributed by atoms with Gasteiger partial charge in [-0.1, -0.05) is 33.8 Å². The molecule has 1 aromatic carbocycles. The zero-order valence-corrected chi connectivity index (χ0v) is 13.1. The molecule has 0 aliphatic rings. The molecule has 0 radical (unpaired) electrons. The first kappa shape index (κ1) is 15.2. The molecular formula is C15H21BrO2. The van der Waals surface area contributed by atoms with Crippen LogP contribution in [0.1, 0.15) is 46.1 Å². The van der Waals surface area contributed by atoms with Crippen LogP contribution in [0, 0.1) is 0 Å². The fourth-order valence-electron chi connectivity index (χ4n) is 1.59. The minimum Gasteiger partial charge on any atom is -0.485 e. The van der Waals surface area contributed by atoms with Crippen LogP contribution in [0.15, 0.2) is 22.7 Å². The number of hydrogen-bond acceptors (Lipinski definition) is 2. The Labute approximate surface area is 118 Å². The number of halogens is 1. The number of carbonyl (C=O) groups excluding carboxylic acids is 1. The Morgan fingerprint density at radius 1 is 1.33 bits per heavy atom. The maximum atomic E-state index is 11.4. The molecule has 0 spiro atoms. The molecule has 0 saturated carbocycles. The molecule has 0 saturated heterocycles. The van der Waals surface area contributed by atoms with Crippen LogP contribution in [0.3, 0.4) is 0 Å². The lowest BCUT2D eigenvalue weighted by atomic mass is 9.87. The van der Waals surface area contributed by atoms with Gasteiger partial charge in [-0.15, -0.1) is 0 Å². The van der Waals surface area contributed by atoms with Crippen LogP contribution < -0.4 is 4.74 Å². The Hall–Kier alpha value is -0.830. The van der Waals surface area contributed by atoms with E-state index in [1.54, 1.807) is 0 Å². The average Bonchev–Trinajstić information content (AvgIpc) is 2.26. The van der Waals surface area contributed by atoms with Gasteiger partial charge in [0, 0.05) is 6.42 Å². The quantitative estimate of drug-likeness (QED) is 0.800. The van der Waals surface area contributed by atoms with Gasteiger partial charge in [0.05, 0.1) is 4.47 Å². The van der Waals surface area contributed by atoms with E-state index in [1.807, 2.05) is 19.1 Å². The van der Waals surface area contributed by atoms with Crippen molar-refractivity contribution in [2.45, 2.75) is 46.0 Å².